The summed E-state index contributed by atoms with van der Waals surface area (Å²) in [5.74, 6) is 0.741. The third-order valence-electron chi connectivity index (χ3n) is 2.79. The van der Waals surface area contributed by atoms with Crippen LogP contribution < -0.4 is 5.32 Å². The van der Waals surface area contributed by atoms with Gasteiger partial charge in [0.15, 0.2) is 0 Å². The Labute approximate surface area is 120 Å². The standard InChI is InChI=1S/C15H24IN/c1-12(9-10-17-15(2,3)4)11-13-5-7-14(16)8-6-13/h5-8,12,17H,9-11H2,1-4H3. The van der Waals surface area contributed by atoms with Gasteiger partial charge in [-0.25, -0.2) is 0 Å². The SMILES string of the molecule is CC(CCNC(C)(C)C)Cc1ccc(I)cc1. The molecule has 0 aliphatic carbocycles. The van der Waals surface area contributed by atoms with Crippen molar-refractivity contribution < 1.29 is 0 Å². The third-order valence-corrected chi connectivity index (χ3v) is 3.51. The Balaban J connectivity index is 2.30. The first-order valence-electron chi connectivity index (χ1n) is 6.36. The molecule has 0 bridgehead atoms. The molecule has 96 valence electrons. The zero-order chi connectivity index (χ0) is 12.9. The van der Waals surface area contributed by atoms with E-state index < -0.39 is 0 Å². The summed E-state index contributed by atoms with van der Waals surface area (Å²) in [6.07, 6.45) is 2.42. The topological polar surface area (TPSA) is 12.0 Å². The Hall–Kier alpha value is -0.0900. The van der Waals surface area contributed by atoms with E-state index in [-0.39, 0.29) is 5.54 Å². The summed E-state index contributed by atoms with van der Waals surface area (Å²) in [5, 5.41) is 3.55. The Kier molecular flexibility index (Phi) is 5.93. The van der Waals surface area contributed by atoms with Crippen molar-refractivity contribution in [2.24, 2.45) is 5.92 Å². The van der Waals surface area contributed by atoms with E-state index >= 15 is 0 Å². The van der Waals surface area contributed by atoms with Gasteiger partial charge in [-0.1, -0.05) is 19.1 Å². The lowest BCUT2D eigenvalue weighted by molar-refractivity contribution is 0.394. The number of halogens is 1. The molecule has 0 aromatic heterocycles. The molecule has 0 amide bonds. The first kappa shape index (κ1) is 15.0. The van der Waals surface area contributed by atoms with Crippen LogP contribution in [-0.4, -0.2) is 12.1 Å². The van der Waals surface area contributed by atoms with Crippen molar-refractivity contribution in [3.05, 3.63) is 33.4 Å². The molecule has 17 heavy (non-hydrogen) atoms. The quantitative estimate of drug-likeness (QED) is 0.787. The lowest BCUT2D eigenvalue weighted by atomic mass is 9.97. The molecule has 1 unspecified atom stereocenters. The lowest BCUT2D eigenvalue weighted by Crippen LogP contribution is -2.37. The average molecular weight is 345 g/mol. The zero-order valence-corrected chi connectivity index (χ0v) is 13.5. The van der Waals surface area contributed by atoms with E-state index in [0.717, 1.165) is 12.5 Å². The Bertz CT molecular complexity index is 324. The van der Waals surface area contributed by atoms with Gasteiger partial charge in [0, 0.05) is 9.11 Å². The van der Waals surface area contributed by atoms with E-state index in [1.165, 1.54) is 22.0 Å². The monoisotopic (exact) mass is 345 g/mol. The fourth-order valence-corrected chi connectivity index (χ4v) is 2.18. The van der Waals surface area contributed by atoms with Crippen molar-refractivity contribution in [2.45, 2.75) is 46.1 Å². The Morgan fingerprint density at radius 3 is 2.29 bits per heavy atom. The first-order valence-corrected chi connectivity index (χ1v) is 7.44. The van der Waals surface area contributed by atoms with Gasteiger partial charge in [-0.05, 0) is 86.4 Å². The van der Waals surface area contributed by atoms with Crippen molar-refractivity contribution in [3.8, 4) is 0 Å². The largest absolute Gasteiger partial charge is 0.312 e. The van der Waals surface area contributed by atoms with Crippen LogP contribution in [0.15, 0.2) is 24.3 Å². The van der Waals surface area contributed by atoms with Gasteiger partial charge in [0.05, 0.1) is 0 Å². The van der Waals surface area contributed by atoms with E-state index in [9.17, 15) is 0 Å². The molecule has 0 spiro atoms. The number of benzene rings is 1. The molecule has 0 saturated carbocycles. The average Bonchev–Trinajstić information content (AvgIpc) is 2.19. The van der Waals surface area contributed by atoms with E-state index in [0.29, 0.717) is 0 Å². The lowest BCUT2D eigenvalue weighted by Gasteiger charge is -2.22. The minimum atomic E-state index is 0.239. The zero-order valence-electron chi connectivity index (χ0n) is 11.4. The fourth-order valence-electron chi connectivity index (χ4n) is 1.82. The van der Waals surface area contributed by atoms with Crippen molar-refractivity contribution >= 4 is 22.6 Å². The highest BCUT2D eigenvalue weighted by Crippen LogP contribution is 2.14. The van der Waals surface area contributed by atoms with Gasteiger partial charge in [-0.3, -0.25) is 0 Å². The molecular formula is C15H24IN. The van der Waals surface area contributed by atoms with Gasteiger partial charge in [0.1, 0.15) is 0 Å². The fraction of sp³-hybridized carbons (Fsp3) is 0.600. The van der Waals surface area contributed by atoms with Gasteiger partial charge < -0.3 is 5.32 Å². The highest BCUT2D eigenvalue weighted by Gasteiger charge is 2.09. The molecule has 2 heteroatoms. The van der Waals surface area contributed by atoms with Crippen LogP contribution in [0.5, 0.6) is 0 Å². The predicted molar refractivity (Wildman–Crippen MR) is 84.4 cm³/mol. The first-order chi connectivity index (χ1) is 7.87. The second kappa shape index (κ2) is 6.74. The number of hydrogen-bond acceptors (Lipinski definition) is 1. The second-order valence-electron chi connectivity index (χ2n) is 5.90. The van der Waals surface area contributed by atoms with Crippen molar-refractivity contribution in [2.75, 3.05) is 6.54 Å². The summed E-state index contributed by atoms with van der Waals surface area (Å²) in [6, 6.07) is 8.87. The van der Waals surface area contributed by atoms with Crippen LogP contribution in [0.25, 0.3) is 0 Å². The third kappa shape index (κ3) is 7.04. The van der Waals surface area contributed by atoms with Gasteiger partial charge in [-0.2, -0.15) is 0 Å². The maximum atomic E-state index is 3.55. The molecule has 0 radical (unpaired) electrons. The van der Waals surface area contributed by atoms with Gasteiger partial charge in [-0.15, -0.1) is 0 Å². The molecule has 1 rings (SSSR count). The Morgan fingerprint density at radius 1 is 1.18 bits per heavy atom. The van der Waals surface area contributed by atoms with Crippen molar-refractivity contribution in [3.63, 3.8) is 0 Å². The highest BCUT2D eigenvalue weighted by molar-refractivity contribution is 14.1. The highest BCUT2D eigenvalue weighted by atomic mass is 127. The molecule has 1 N–H and O–H groups in total. The molecule has 0 fully saturated rings. The maximum absolute atomic E-state index is 3.55. The van der Waals surface area contributed by atoms with Crippen LogP contribution in [0.2, 0.25) is 0 Å². The van der Waals surface area contributed by atoms with E-state index in [1.54, 1.807) is 0 Å². The van der Waals surface area contributed by atoms with Crippen LogP contribution in [0.3, 0.4) is 0 Å². The van der Waals surface area contributed by atoms with Gasteiger partial charge >= 0.3 is 0 Å². The number of hydrogen-bond donors (Lipinski definition) is 1. The van der Waals surface area contributed by atoms with E-state index in [2.05, 4.69) is 79.9 Å². The minimum absolute atomic E-state index is 0.239. The molecular weight excluding hydrogens is 321 g/mol. The van der Waals surface area contributed by atoms with Crippen LogP contribution in [0, 0.1) is 9.49 Å². The molecule has 0 aliphatic heterocycles. The van der Waals surface area contributed by atoms with E-state index in [4.69, 9.17) is 0 Å². The minimum Gasteiger partial charge on any atom is -0.312 e. The van der Waals surface area contributed by atoms with Crippen LogP contribution in [0.4, 0.5) is 0 Å². The summed E-state index contributed by atoms with van der Waals surface area (Å²) in [7, 11) is 0. The molecule has 1 aromatic carbocycles. The second-order valence-corrected chi connectivity index (χ2v) is 7.15. The van der Waals surface area contributed by atoms with Gasteiger partial charge in [0.25, 0.3) is 0 Å². The summed E-state index contributed by atoms with van der Waals surface area (Å²) in [5.41, 5.74) is 1.69. The normalized spacial score (nSPS) is 13.7. The molecule has 1 nitrogen and oxygen atoms in total. The number of rotatable bonds is 5. The number of nitrogens with one attached hydrogen (secondary N) is 1. The van der Waals surface area contributed by atoms with Crippen LogP contribution in [-0.2, 0) is 6.42 Å². The molecule has 1 atom stereocenters. The predicted octanol–water partition coefficient (Wildman–Crippen LogP) is 4.25. The molecule has 0 aliphatic rings. The van der Waals surface area contributed by atoms with E-state index in [1.807, 2.05) is 0 Å². The summed E-state index contributed by atoms with van der Waals surface area (Å²) < 4.78 is 1.31. The smallest absolute Gasteiger partial charge is 0.0130 e. The summed E-state index contributed by atoms with van der Waals surface area (Å²) in [6.45, 7) is 10.1. The van der Waals surface area contributed by atoms with Crippen molar-refractivity contribution in [1.82, 2.24) is 5.32 Å². The maximum Gasteiger partial charge on any atom is 0.0130 e. The molecule has 1 aromatic rings. The Morgan fingerprint density at radius 2 is 1.76 bits per heavy atom. The summed E-state index contributed by atoms with van der Waals surface area (Å²) in [4.78, 5) is 0. The summed E-state index contributed by atoms with van der Waals surface area (Å²) >= 11 is 2.35. The van der Waals surface area contributed by atoms with Crippen LogP contribution in [0.1, 0.15) is 39.7 Å². The molecule has 0 heterocycles. The van der Waals surface area contributed by atoms with Crippen LogP contribution >= 0.6 is 22.6 Å². The molecule has 0 saturated heterocycles. The van der Waals surface area contributed by atoms with Gasteiger partial charge in [0.2, 0.25) is 0 Å². The van der Waals surface area contributed by atoms with Crippen molar-refractivity contribution in [1.29, 1.82) is 0 Å².